The van der Waals surface area contributed by atoms with Crippen molar-refractivity contribution >= 4 is 11.7 Å². The van der Waals surface area contributed by atoms with E-state index in [1.165, 1.54) is 0 Å². The number of rotatable bonds is 3. The van der Waals surface area contributed by atoms with Gasteiger partial charge in [0.15, 0.2) is 0 Å². The lowest BCUT2D eigenvalue weighted by Gasteiger charge is -2.28. The van der Waals surface area contributed by atoms with Gasteiger partial charge < -0.3 is 11.1 Å². The quantitative estimate of drug-likeness (QED) is 0.863. The van der Waals surface area contributed by atoms with E-state index in [-0.39, 0.29) is 17.9 Å². The van der Waals surface area contributed by atoms with Crippen molar-refractivity contribution in [3.05, 3.63) is 23.4 Å². The van der Waals surface area contributed by atoms with Crippen LogP contribution >= 0.6 is 0 Å². The third-order valence-corrected chi connectivity index (χ3v) is 3.74. The van der Waals surface area contributed by atoms with Gasteiger partial charge in [-0.3, -0.25) is 4.79 Å². The number of amides is 1. The van der Waals surface area contributed by atoms with Crippen LogP contribution in [0.15, 0.2) is 12.3 Å². The average molecular weight is 258 g/mol. The summed E-state index contributed by atoms with van der Waals surface area (Å²) in [5.74, 6) is 0.439. The molecule has 2 rings (SSSR count). The number of nitriles is 1. The lowest BCUT2D eigenvalue weighted by Crippen LogP contribution is -2.32. The summed E-state index contributed by atoms with van der Waals surface area (Å²) in [6.07, 6.45) is 5.08. The molecule has 0 aliphatic heterocycles. The summed E-state index contributed by atoms with van der Waals surface area (Å²) in [6.45, 7) is 1.90. The Hall–Kier alpha value is -2.09. The second kappa shape index (κ2) is 5.70. The van der Waals surface area contributed by atoms with Gasteiger partial charge in [0.1, 0.15) is 11.9 Å². The van der Waals surface area contributed by atoms with Gasteiger partial charge in [-0.2, -0.15) is 5.26 Å². The van der Waals surface area contributed by atoms with Crippen molar-refractivity contribution in [1.29, 1.82) is 5.26 Å². The van der Waals surface area contributed by atoms with Crippen LogP contribution in [0.1, 0.15) is 36.8 Å². The normalized spacial score (nSPS) is 22.5. The zero-order valence-electron chi connectivity index (χ0n) is 11.0. The Morgan fingerprint density at radius 1 is 1.47 bits per heavy atom. The third kappa shape index (κ3) is 3.02. The van der Waals surface area contributed by atoms with Gasteiger partial charge in [-0.05, 0) is 44.2 Å². The van der Waals surface area contributed by atoms with Crippen LogP contribution in [0.2, 0.25) is 0 Å². The molecule has 1 heterocycles. The summed E-state index contributed by atoms with van der Waals surface area (Å²) in [6, 6.07) is 4.27. The molecule has 0 saturated heterocycles. The number of carbonyl (C=O) groups is 1. The molecule has 3 N–H and O–H groups in total. The van der Waals surface area contributed by atoms with Gasteiger partial charge in [0.25, 0.3) is 0 Å². The highest BCUT2D eigenvalue weighted by atomic mass is 16.1. The monoisotopic (exact) mass is 258 g/mol. The molecule has 1 aromatic rings. The van der Waals surface area contributed by atoms with Crippen molar-refractivity contribution in [2.45, 2.75) is 38.6 Å². The van der Waals surface area contributed by atoms with Gasteiger partial charge in [0.05, 0.1) is 5.56 Å². The Kier molecular flexibility index (Phi) is 4.00. The van der Waals surface area contributed by atoms with E-state index in [2.05, 4.69) is 16.4 Å². The molecule has 5 nitrogen and oxygen atoms in total. The van der Waals surface area contributed by atoms with Gasteiger partial charge in [-0.1, -0.05) is 0 Å². The molecule has 19 heavy (non-hydrogen) atoms. The van der Waals surface area contributed by atoms with Crippen LogP contribution in [0.3, 0.4) is 0 Å². The smallest absolute Gasteiger partial charge is 0.220 e. The number of hydrogen-bond donors (Lipinski definition) is 2. The van der Waals surface area contributed by atoms with Crippen molar-refractivity contribution in [1.82, 2.24) is 4.98 Å². The molecular weight excluding hydrogens is 240 g/mol. The Morgan fingerprint density at radius 3 is 2.74 bits per heavy atom. The van der Waals surface area contributed by atoms with Gasteiger partial charge in [0, 0.05) is 18.2 Å². The van der Waals surface area contributed by atoms with Crippen LogP contribution < -0.4 is 11.1 Å². The molecule has 1 fully saturated rings. The van der Waals surface area contributed by atoms with Gasteiger partial charge in [-0.15, -0.1) is 0 Å². The van der Waals surface area contributed by atoms with E-state index in [9.17, 15) is 4.79 Å². The maximum Gasteiger partial charge on any atom is 0.220 e. The first-order chi connectivity index (χ1) is 9.11. The van der Waals surface area contributed by atoms with Crippen molar-refractivity contribution in [2.24, 2.45) is 11.7 Å². The molecule has 0 spiro atoms. The number of pyridine rings is 1. The summed E-state index contributed by atoms with van der Waals surface area (Å²) >= 11 is 0. The molecule has 100 valence electrons. The predicted molar refractivity (Wildman–Crippen MR) is 72.3 cm³/mol. The second-order valence-corrected chi connectivity index (χ2v) is 5.06. The number of aryl methyl sites for hydroxylation is 1. The molecule has 1 aromatic heterocycles. The summed E-state index contributed by atoms with van der Waals surface area (Å²) in [4.78, 5) is 15.3. The van der Waals surface area contributed by atoms with E-state index in [0.717, 1.165) is 31.2 Å². The third-order valence-electron chi connectivity index (χ3n) is 3.74. The number of primary amides is 1. The number of hydrogen-bond acceptors (Lipinski definition) is 4. The highest BCUT2D eigenvalue weighted by molar-refractivity contribution is 5.76. The van der Waals surface area contributed by atoms with E-state index in [0.29, 0.717) is 11.4 Å². The number of nitrogens with two attached hydrogens (primary N) is 1. The molecule has 0 unspecified atom stereocenters. The van der Waals surface area contributed by atoms with Crippen molar-refractivity contribution in [2.75, 3.05) is 5.32 Å². The minimum Gasteiger partial charge on any atom is -0.369 e. The zero-order chi connectivity index (χ0) is 13.8. The van der Waals surface area contributed by atoms with E-state index in [1.807, 2.05) is 13.0 Å². The summed E-state index contributed by atoms with van der Waals surface area (Å²) in [5.41, 5.74) is 6.83. The first-order valence-electron chi connectivity index (χ1n) is 6.53. The highest BCUT2D eigenvalue weighted by Crippen LogP contribution is 2.27. The van der Waals surface area contributed by atoms with E-state index >= 15 is 0 Å². The second-order valence-electron chi connectivity index (χ2n) is 5.06. The SMILES string of the molecule is Cc1ccnc(NC2CCC(C(N)=O)CC2)c1C#N. The number of nitrogens with one attached hydrogen (secondary N) is 1. The zero-order valence-corrected chi connectivity index (χ0v) is 11.0. The molecular formula is C14H18N4O. The fraction of sp³-hybridized carbons (Fsp3) is 0.500. The lowest BCUT2D eigenvalue weighted by molar-refractivity contribution is -0.122. The first kappa shape index (κ1) is 13.3. The van der Waals surface area contributed by atoms with Crippen LogP contribution in [-0.2, 0) is 4.79 Å². The molecule has 0 aromatic carbocycles. The number of nitrogens with zero attached hydrogens (tertiary/aromatic N) is 2. The average Bonchev–Trinajstić information content (AvgIpc) is 2.39. The molecule has 1 aliphatic rings. The molecule has 5 heteroatoms. The first-order valence-corrected chi connectivity index (χ1v) is 6.53. The standard InChI is InChI=1S/C14H18N4O/c1-9-6-7-17-14(12(9)8-15)18-11-4-2-10(3-5-11)13(16)19/h6-7,10-11H,2-5H2,1H3,(H2,16,19)(H,17,18). The number of aromatic nitrogens is 1. The van der Waals surface area contributed by atoms with E-state index < -0.39 is 0 Å². The number of anilines is 1. The Labute approximate surface area is 112 Å². The topological polar surface area (TPSA) is 91.8 Å². The molecule has 1 aliphatic carbocycles. The van der Waals surface area contributed by atoms with Crippen LogP contribution in [0, 0.1) is 24.2 Å². The van der Waals surface area contributed by atoms with Crippen molar-refractivity contribution < 1.29 is 4.79 Å². The van der Waals surface area contributed by atoms with Crippen LogP contribution in [-0.4, -0.2) is 16.9 Å². The van der Waals surface area contributed by atoms with Crippen molar-refractivity contribution in [3.63, 3.8) is 0 Å². The largest absolute Gasteiger partial charge is 0.369 e. The minimum atomic E-state index is -0.204. The Balaban J connectivity index is 2.02. The van der Waals surface area contributed by atoms with Crippen LogP contribution in [0.5, 0.6) is 0 Å². The summed E-state index contributed by atoms with van der Waals surface area (Å²) in [5, 5.41) is 12.5. The highest BCUT2D eigenvalue weighted by Gasteiger charge is 2.25. The minimum absolute atomic E-state index is 0.000967. The fourth-order valence-electron chi connectivity index (χ4n) is 2.52. The Morgan fingerprint density at radius 2 is 2.16 bits per heavy atom. The number of carbonyl (C=O) groups excluding carboxylic acids is 1. The maximum absolute atomic E-state index is 11.1. The maximum atomic E-state index is 11.1. The molecule has 0 atom stereocenters. The van der Waals surface area contributed by atoms with Gasteiger partial charge >= 0.3 is 0 Å². The molecule has 0 bridgehead atoms. The fourth-order valence-corrected chi connectivity index (χ4v) is 2.52. The molecule has 1 saturated carbocycles. The lowest BCUT2D eigenvalue weighted by atomic mass is 9.85. The summed E-state index contributed by atoms with van der Waals surface area (Å²) < 4.78 is 0. The van der Waals surface area contributed by atoms with E-state index in [1.54, 1.807) is 6.20 Å². The Bertz CT molecular complexity index is 513. The van der Waals surface area contributed by atoms with Crippen LogP contribution in [0.4, 0.5) is 5.82 Å². The van der Waals surface area contributed by atoms with E-state index in [4.69, 9.17) is 11.0 Å². The molecule has 0 radical (unpaired) electrons. The van der Waals surface area contributed by atoms with Crippen molar-refractivity contribution in [3.8, 4) is 6.07 Å². The predicted octanol–water partition coefficient (Wildman–Crippen LogP) is 1.72. The van der Waals surface area contributed by atoms with Crippen LogP contribution in [0.25, 0.3) is 0 Å². The molecule has 1 amide bonds. The van der Waals surface area contributed by atoms with Gasteiger partial charge in [0.2, 0.25) is 5.91 Å². The summed E-state index contributed by atoms with van der Waals surface area (Å²) in [7, 11) is 0. The van der Waals surface area contributed by atoms with Gasteiger partial charge in [-0.25, -0.2) is 4.98 Å².